The number of amides is 2. The van der Waals surface area contributed by atoms with Crippen molar-refractivity contribution in [2.75, 3.05) is 20.6 Å². The number of hydrogen-bond donors (Lipinski definition) is 2. The van der Waals surface area contributed by atoms with Gasteiger partial charge in [-0.25, -0.2) is 0 Å². The van der Waals surface area contributed by atoms with Crippen molar-refractivity contribution in [1.29, 1.82) is 0 Å². The maximum Gasteiger partial charge on any atom is 0.243 e. The molecule has 0 aliphatic carbocycles. The van der Waals surface area contributed by atoms with E-state index in [-0.39, 0.29) is 23.4 Å². The molecule has 1 saturated heterocycles. The molecule has 0 spiro atoms. The van der Waals surface area contributed by atoms with E-state index in [1.807, 2.05) is 32.8 Å². The number of carbonyl (C=O) groups is 2. The average Bonchev–Trinajstić information content (AvgIpc) is 2.39. The first-order valence-electron chi connectivity index (χ1n) is 6.56. The van der Waals surface area contributed by atoms with Gasteiger partial charge in [0.05, 0.1) is 0 Å². The van der Waals surface area contributed by atoms with Crippen molar-refractivity contribution in [1.82, 2.24) is 15.5 Å². The molecule has 0 aromatic rings. The smallest absolute Gasteiger partial charge is 0.243 e. The first-order valence-corrected chi connectivity index (χ1v) is 6.56. The van der Waals surface area contributed by atoms with Gasteiger partial charge < -0.3 is 15.5 Å². The summed E-state index contributed by atoms with van der Waals surface area (Å²) in [5, 5.41) is 5.80. The zero-order chi connectivity index (χ0) is 13.8. The van der Waals surface area contributed by atoms with Crippen LogP contribution in [0.2, 0.25) is 0 Å². The fourth-order valence-corrected chi connectivity index (χ4v) is 2.42. The number of hydrogen-bond acceptors (Lipinski definition) is 3. The molecule has 1 rings (SSSR count). The molecule has 0 radical (unpaired) electrons. The van der Waals surface area contributed by atoms with Gasteiger partial charge in [0, 0.05) is 18.5 Å². The molecular formula is C13H25N3O2. The van der Waals surface area contributed by atoms with Gasteiger partial charge >= 0.3 is 0 Å². The third-order valence-corrected chi connectivity index (χ3v) is 2.97. The van der Waals surface area contributed by atoms with Crippen LogP contribution in [0.5, 0.6) is 0 Å². The summed E-state index contributed by atoms with van der Waals surface area (Å²) >= 11 is 0. The molecule has 1 fully saturated rings. The van der Waals surface area contributed by atoms with E-state index in [9.17, 15) is 9.59 Å². The Hall–Kier alpha value is -1.10. The Kier molecular flexibility index (Phi) is 5.14. The van der Waals surface area contributed by atoms with Crippen LogP contribution in [0.3, 0.4) is 0 Å². The molecule has 104 valence electrons. The molecule has 0 bridgehead atoms. The topological polar surface area (TPSA) is 61.4 Å². The van der Waals surface area contributed by atoms with Crippen molar-refractivity contribution in [3.8, 4) is 0 Å². The van der Waals surface area contributed by atoms with E-state index >= 15 is 0 Å². The van der Waals surface area contributed by atoms with E-state index in [1.165, 1.54) is 0 Å². The summed E-state index contributed by atoms with van der Waals surface area (Å²) in [6.45, 7) is 4.74. The number of nitrogens with zero attached hydrogens (tertiary/aromatic N) is 1. The predicted molar refractivity (Wildman–Crippen MR) is 71.2 cm³/mol. The minimum Gasteiger partial charge on any atom is -0.348 e. The fourth-order valence-electron chi connectivity index (χ4n) is 2.42. The second kappa shape index (κ2) is 6.18. The molecule has 5 nitrogen and oxygen atoms in total. The zero-order valence-corrected chi connectivity index (χ0v) is 11.9. The van der Waals surface area contributed by atoms with Crippen LogP contribution < -0.4 is 10.6 Å². The second-order valence-corrected chi connectivity index (χ2v) is 5.98. The summed E-state index contributed by atoms with van der Waals surface area (Å²) in [5.74, 6) is -0.0878. The number of carbonyl (C=O) groups excluding carboxylic acids is 2. The van der Waals surface area contributed by atoms with Crippen molar-refractivity contribution in [2.45, 2.75) is 51.1 Å². The van der Waals surface area contributed by atoms with E-state index in [4.69, 9.17) is 0 Å². The standard InChI is InChI=1S/C13H25N3O2/c1-13(2,9-16(3)4)15-12(18)10-7-5-6-8-11(17)14-10/h10H,5-9H2,1-4H3,(H,14,17)(H,15,18)/t10-/m1/s1. The van der Waals surface area contributed by atoms with Gasteiger partial charge in [-0.1, -0.05) is 6.42 Å². The van der Waals surface area contributed by atoms with Crippen molar-refractivity contribution in [3.63, 3.8) is 0 Å². The van der Waals surface area contributed by atoms with Gasteiger partial charge in [-0.05, 0) is 40.8 Å². The lowest BCUT2D eigenvalue weighted by Gasteiger charge is -2.31. The summed E-state index contributed by atoms with van der Waals surface area (Å²) in [6, 6.07) is -0.374. The Bertz CT molecular complexity index is 313. The maximum atomic E-state index is 12.1. The van der Waals surface area contributed by atoms with Crippen molar-refractivity contribution < 1.29 is 9.59 Å². The van der Waals surface area contributed by atoms with Crippen LogP contribution >= 0.6 is 0 Å². The van der Waals surface area contributed by atoms with Crippen molar-refractivity contribution >= 4 is 11.8 Å². The molecule has 1 aliphatic rings. The quantitative estimate of drug-likeness (QED) is 0.769. The van der Waals surface area contributed by atoms with Crippen LogP contribution in [0, 0.1) is 0 Å². The first kappa shape index (κ1) is 15.0. The normalized spacial score (nSPS) is 21.4. The number of rotatable bonds is 4. The summed E-state index contributed by atoms with van der Waals surface area (Å²) in [6.07, 6.45) is 3.06. The third kappa shape index (κ3) is 5.04. The van der Waals surface area contributed by atoms with Crippen LogP contribution in [-0.4, -0.2) is 48.9 Å². The van der Waals surface area contributed by atoms with Crippen molar-refractivity contribution in [3.05, 3.63) is 0 Å². The van der Waals surface area contributed by atoms with Crippen molar-refractivity contribution in [2.24, 2.45) is 0 Å². The molecule has 1 heterocycles. The summed E-state index contributed by atoms with van der Waals surface area (Å²) in [7, 11) is 3.95. The Morgan fingerprint density at radius 2 is 2.11 bits per heavy atom. The van der Waals surface area contributed by atoms with Crippen LogP contribution in [0.4, 0.5) is 0 Å². The Morgan fingerprint density at radius 3 is 2.72 bits per heavy atom. The highest BCUT2D eigenvalue weighted by Crippen LogP contribution is 2.11. The number of likely N-dealkylation sites (N-methyl/N-ethyl adjacent to an activating group) is 1. The fraction of sp³-hybridized carbons (Fsp3) is 0.846. The third-order valence-electron chi connectivity index (χ3n) is 2.97. The first-order chi connectivity index (χ1) is 8.30. The van der Waals surface area contributed by atoms with E-state index in [2.05, 4.69) is 10.6 Å². The van der Waals surface area contributed by atoms with Crippen LogP contribution in [-0.2, 0) is 9.59 Å². The molecule has 1 atom stereocenters. The van der Waals surface area contributed by atoms with Crippen LogP contribution in [0.1, 0.15) is 39.5 Å². The molecular weight excluding hydrogens is 230 g/mol. The molecule has 0 aromatic heterocycles. The van der Waals surface area contributed by atoms with E-state index < -0.39 is 0 Å². The monoisotopic (exact) mass is 255 g/mol. The molecule has 0 unspecified atom stereocenters. The van der Waals surface area contributed by atoms with Gasteiger partial charge in [0.1, 0.15) is 6.04 Å². The highest BCUT2D eigenvalue weighted by molar-refractivity contribution is 5.88. The molecule has 5 heteroatoms. The van der Waals surface area contributed by atoms with E-state index in [0.717, 1.165) is 25.8 Å². The Balaban J connectivity index is 2.55. The highest BCUT2D eigenvalue weighted by atomic mass is 16.2. The van der Waals surface area contributed by atoms with Gasteiger partial charge in [-0.2, -0.15) is 0 Å². The summed E-state index contributed by atoms with van der Waals surface area (Å²) in [5.41, 5.74) is -0.294. The summed E-state index contributed by atoms with van der Waals surface area (Å²) < 4.78 is 0. The lowest BCUT2D eigenvalue weighted by Crippen LogP contribution is -2.56. The minimum absolute atomic E-state index is 0.0157. The minimum atomic E-state index is -0.374. The molecule has 2 amide bonds. The van der Waals surface area contributed by atoms with Gasteiger partial charge in [-0.15, -0.1) is 0 Å². The van der Waals surface area contributed by atoms with Crippen LogP contribution in [0.25, 0.3) is 0 Å². The van der Waals surface area contributed by atoms with Gasteiger partial charge in [-0.3, -0.25) is 9.59 Å². The van der Waals surface area contributed by atoms with E-state index in [0.29, 0.717) is 6.42 Å². The lowest BCUT2D eigenvalue weighted by atomic mass is 10.0. The second-order valence-electron chi connectivity index (χ2n) is 5.98. The number of nitrogens with one attached hydrogen (secondary N) is 2. The molecule has 0 aromatic carbocycles. The Morgan fingerprint density at radius 1 is 1.44 bits per heavy atom. The van der Waals surface area contributed by atoms with Crippen LogP contribution in [0.15, 0.2) is 0 Å². The highest BCUT2D eigenvalue weighted by Gasteiger charge is 2.28. The molecule has 18 heavy (non-hydrogen) atoms. The maximum absolute atomic E-state index is 12.1. The van der Waals surface area contributed by atoms with Gasteiger partial charge in [0.15, 0.2) is 0 Å². The van der Waals surface area contributed by atoms with E-state index in [1.54, 1.807) is 0 Å². The molecule has 2 N–H and O–H groups in total. The SMILES string of the molecule is CN(C)CC(C)(C)NC(=O)[C@H]1CCCCC(=O)N1. The molecule has 0 saturated carbocycles. The van der Waals surface area contributed by atoms with Gasteiger partial charge in [0.25, 0.3) is 0 Å². The lowest BCUT2D eigenvalue weighted by molar-refractivity contribution is -0.129. The Labute approximate surface area is 109 Å². The average molecular weight is 255 g/mol. The molecule has 1 aliphatic heterocycles. The predicted octanol–water partition coefficient (Wildman–Crippen LogP) is 0.502. The summed E-state index contributed by atoms with van der Waals surface area (Å²) in [4.78, 5) is 25.6. The largest absolute Gasteiger partial charge is 0.348 e. The van der Waals surface area contributed by atoms with Gasteiger partial charge in [0.2, 0.25) is 11.8 Å². The zero-order valence-electron chi connectivity index (χ0n) is 11.9.